The number of hydrogen-bond donors (Lipinski definition) is 3. The first kappa shape index (κ1) is 46.9. The quantitative estimate of drug-likeness (QED) is 0.110. The second-order valence-corrected chi connectivity index (χ2v) is 16.1. The number of amides is 5. The summed E-state index contributed by atoms with van der Waals surface area (Å²) in [7, 11) is 3.02. The van der Waals surface area contributed by atoms with E-state index in [1.54, 1.807) is 47.5 Å². The molecule has 4 aromatic rings. The summed E-state index contributed by atoms with van der Waals surface area (Å²) in [6, 6.07) is 13.3. The second-order valence-electron chi connectivity index (χ2n) is 15.3. The molecule has 4 aliphatic rings. The SMILES string of the molecule is CC1CCN(c2ccc3c(c2)C(=O)N(C2CCC(=O)NC2=O)C3=O)CC1.CN.COc1ccc(C(=N)c2cnc(N3CCN(C=O)CC3)c(C#N)c2)cc1OCc1c(Cl)cncc1Cl. The Bertz CT molecular complexity index is 2460. The number of hydrogen-bond acceptors (Lipinski definition) is 14. The van der Waals surface area contributed by atoms with E-state index in [4.69, 9.17) is 38.1 Å². The molecule has 0 bridgehead atoms. The Morgan fingerprint density at radius 2 is 1.58 bits per heavy atom. The highest BCUT2D eigenvalue weighted by molar-refractivity contribution is 6.35. The molecule has 0 saturated carbocycles. The Kier molecular flexibility index (Phi) is 15.5. The molecule has 64 heavy (non-hydrogen) atoms. The van der Waals surface area contributed by atoms with Crippen molar-refractivity contribution in [3.63, 3.8) is 0 Å². The summed E-state index contributed by atoms with van der Waals surface area (Å²) in [6.45, 7) is 6.48. The number of benzene rings is 2. The molecule has 1 atom stereocenters. The molecule has 1 unspecified atom stereocenters. The van der Waals surface area contributed by atoms with Gasteiger partial charge in [-0.15, -0.1) is 0 Å². The lowest BCUT2D eigenvalue weighted by molar-refractivity contribution is -0.136. The topological polar surface area (TPSA) is 228 Å². The van der Waals surface area contributed by atoms with Gasteiger partial charge in [0.2, 0.25) is 18.2 Å². The first-order valence-corrected chi connectivity index (χ1v) is 21.4. The average molecular weight is 912 g/mol. The lowest BCUT2D eigenvalue weighted by atomic mass is 9.98. The maximum atomic E-state index is 12.8. The zero-order valence-corrected chi connectivity index (χ0v) is 37.1. The molecule has 17 nitrogen and oxygen atoms in total. The van der Waals surface area contributed by atoms with Crippen LogP contribution in [0.1, 0.15) is 75.6 Å². The summed E-state index contributed by atoms with van der Waals surface area (Å²) in [5.74, 6) is 0.266. The summed E-state index contributed by atoms with van der Waals surface area (Å²) in [4.78, 5) is 75.3. The Hall–Kier alpha value is -6.61. The number of carbonyl (C=O) groups is 5. The fraction of sp³-hybridized carbons (Fsp3) is 0.356. The van der Waals surface area contributed by atoms with E-state index in [2.05, 4.69) is 38.9 Å². The highest BCUT2D eigenvalue weighted by Crippen LogP contribution is 2.34. The molecular weight excluding hydrogens is 863 g/mol. The molecule has 8 rings (SSSR count). The van der Waals surface area contributed by atoms with Crippen LogP contribution in [0.25, 0.3) is 0 Å². The molecule has 0 aliphatic carbocycles. The smallest absolute Gasteiger partial charge is 0.262 e. The van der Waals surface area contributed by atoms with E-state index in [1.807, 2.05) is 11.0 Å². The van der Waals surface area contributed by atoms with Crippen molar-refractivity contribution in [3.05, 3.63) is 104 Å². The number of aromatic nitrogens is 2. The minimum Gasteiger partial charge on any atom is -0.493 e. The number of carbonyl (C=O) groups excluding carboxylic acids is 5. The largest absolute Gasteiger partial charge is 0.493 e. The molecule has 3 fully saturated rings. The number of fused-ring (bicyclic) bond motifs is 1. The molecule has 4 aliphatic heterocycles. The molecule has 4 N–H and O–H groups in total. The van der Waals surface area contributed by atoms with E-state index in [0.717, 1.165) is 42.9 Å². The van der Waals surface area contributed by atoms with Crippen LogP contribution in [0.5, 0.6) is 11.5 Å². The van der Waals surface area contributed by atoms with Crippen molar-refractivity contribution in [2.45, 2.75) is 45.3 Å². The van der Waals surface area contributed by atoms with E-state index in [1.165, 1.54) is 26.6 Å². The zero-order chi connectivity index (χ0) is 46.1. The number of nitrogens with one attached hydrogen (secondary N) is 2. The molecule has 0 spiro atoms. The van der Waals surface area contributed by atoms with Crippen LogP contribution < -0.4 is 30.3 Å². The van der Waals surface area contributed by atoms with Crippen molar-refractivity contribution in [3.8, 4) is 17.6 Å². The summed E-state index contributed by atoms with van der Waals surface area (Å²) < 4.78 is 11.4. The van der Waals surface area contributed by atoms with E-state index in [9.17, 15) is 29.2 Å². The van der Waals surface area contributed by atoms with Gasteiger partial charge < -0.3 is 29.9 Å². The Balaban J connectivity index is 0.000000214. The Morgan fingerprint density at radius 1 is 0.891 bits per heavy atom. The standard InChI is InChI=1S/C25H22Cl2N6O3.C19H21N3O4.CH5N/c1-35-22-3-2-16(9-23(22)36-14-19-20(26)12-30-13-21(19)27)24(29)18-8-17(10-28)25(31-11-18)33-6-4-32(15-34)5-7-33;1-11-6-8-21(9-7-11)12-2-3-13-14(10-12)19(26)22(18(13)25)15-4-5-16(23)20-17(15)24;1-2/h2-3,8-9,11-13,15,29H,4-7,14H2,1H3;2-3,10-11,15H,4-9H2,1H3,(H,20,23,24);2H2,1H3. The van der Waals surface area contributed by atoms with Crippen LogP contribution in [0, 0.1) is 22.7 Å². The lowest BCUT2D eigenvalue weighted by Gasteiger charge is -2.33. The highest BCUT2D eigenvalue weighted by Gasteiger charge is 2.44. The van der Waals surface area contributed by atoms with Gasteiger partial charge in [0.05, 0.1) is 39.6 Å². The van der Waals surface area contributed by atoms with Gasteiger partial charge >= 0.3 is 0 Å². The summed E-state index contributed by atoms with van der Waals surface area (Å²) in [6.07, 6.45) is 7.88. The summed E-state index contributed by atoms with van der Waals surface area (Å²) in [5, 5.41) is 21.5. The van der Waals surface area contributed by atoms with Crippen LogP contribution in [-0.4, -0.2) is 115 Å². The predicted octanol–water partition coefficient (Wildman–Crippen LogP) is 4.84. The van der Waals surface area contributed by atoms with Gasteiger partial charge in [0.15, 0.2) is 11.5 Å². The number of methoxy groups -OCH3 is 1. The van der Waals surface area contributed by atoms with Crippen molar-refractivity contribution >= 4 is 70.5 Å². The monoisotopic (exact) mass is 910 g/mol. The van der Waals surface area contributed by atoms with Crippen LogP contribution in [0.2, 0.25) is 10.0 Å². The minimum absolute atomic E-state index is 0.0829. The van der Waals surface area contributed by atoms with Crippen molar-refractivity contribution in [2.24, 2.45) is 11.7 Å². The number of nitrogens with two attached hydrogens (primary N) is 1. The average Bonchev–Trinajstić information content (AvgIpc) is 3.56. The number of ether oxygens (including phenoxy) is 2. The number of piperazine rings is 1. The summed E-state index contributed by atoms with van der Waals surface area (Å²) >= 11 is 12.4. The molecule has 2 aromatic heterocycles. The molecular formula is C45H48Cl2N10O7. The third kappa shape index (κ3) is 10.3. The van der Waals surface area contributed by atoms with Gasteiger partial charge in [0.1, 0.15) is 24.5 Å². The third-order valence-electron chi connectivity index (χ3n) is 11.4. The van der Waals surface area contributed by atoms with Crippen LogP contribution in [-0.2, 0) is 21.0 Å². The Labute approximate surface area is 380 Å². The predicted molar refractivity (Wildman–Crippen MR) is 240 cm³/mol. The molecule has 334 valence electrons. The van der Waals surface area contributed by atoms with Crippen LogP contribution in [0.3, 0.4) is 0 Å². The number of nitriles is 1. The van der Waals surface area contributed by atoms with Crippen LogP contribution in [0.4, 0.5) is 11.5 Å². The van der Waals surface area contributed by atoms with Crippen LogP contribution in [0.15, 0.2) is 61.1 Å². The van der Waals surface area contributed by atoms with Crippen molar-refractivity contribution in [2.75, 3.05) is 63.2 Å². The molecule has 0 radical (unpaired) electrons. The summed E-state index contributed by atoms with van der Waals surface area (Å²) in [5.41, 5.74) is 8.26. The number of piperidine rings is 2. The first-order chi connectivity index (χ1) is 30.9. The molecule has 5 amide bonds. The second kappa shape index (κ2) is 21.2. The minimum atomic E-state index is -0.917. The van der Waals surface area contributed by atoms with Crippen LogP contribution >= 0.6 is 23.2 Å². The van der Waals surface area contributed by atoms with Crippen molar-refractivity contribution in [1.29, 1.82) is 10.7 Å². The van der Waals surface area contributed by atoms with Gasteiger partial charge in [-0.05, 0) is 74.7 Å². The number of anilines is 2. The van der Waals surface area contributed by atoms with Crippen molar-refractivity contribution < 1.29 is 33.4 Å². The van der Waals surface area contributed by atoms with Gasteiger partial charge in [-0.2, -0.15) is 5.26 Å². The van der Waals surface area contributed by atoms with Gasteiger partial charge in [-0.25, -0.2) is 4.98 Å². The maximum absolute atomic E-state index is 12.8. The fourth-order valence-corrected chi connectivity index (χ4v) is 8.20. The van der Waals surface area contributed by atoms with Gasteiger partial charge in [0, 0.05) is 86.7 Å². The number of rotatable bonds is 10. The fourth-order valence-electron chi connectivity index (χ4n) is 7.73. The van der Waals surface area contributed by atoms with E-state index >= 15 is 0 Å². The first-order valence-electron chi connectivity index (χ1n) is 20.6. The normalized spacial score (nSPS) is 17.3. The third-order valence-corrected chi connectivity index (χ3v) is 12.0. The molecule has 6 heterocycles. The van der Waals surface area contributed by atoms with E-state index < -0.39 is 23.8 Å². The number of halogens is 2. The van der Waals surface area contributed by atoms with Gasteiger partial charge in [0.25, 0.3) is 11.8 Å². The highest BCUT2D eigenvalue weighted by atomic mass is 35.5. The molecule has 2 aromatic carbocycles. The molecule has 19 heteroatoms. The molecule has 3 saturated heterocycles. The maximum Gasteiger partial charge on any atom is 0.262 e. The van der Waals surface area contributed by atoms with Gasteiger partial charge in [-0.1, -0.05) is 30.1 Å². The zero-order valence-electron chi connectivity index (χ0n) is 35.6. The van der Waals surface area contributed by atoms with Gasteiger partial charge in [-0.3, -0.25) is 44.6 Å². The van der Waals surface area contributed by atoms with E-state index in [-0.39, 0.29) is 31.1 Å². The Morgan fingerprint density at radius 3 is 2.22 bits per heavy atom. The number of pyridine rings is 2. The lowest BCUT2D eigenvalue weighted by Crippen LogP contribution is -2.54. The van der Waals surface area contributed by atoms with Crippen molar-refractivity contribution in [1.82, 2.24) is 25.1 Å². The number of imide groups is 2. The van der Waals surface area contributed by atoms with E-state index in [0.29, 0.717) is 92.8 Å². The number of nitrogens with zero attached hydrogens (tertiary/aromatic N) is 7.